The lowest BCUT2D eigenvalue weighted by Gasteiger charge is -2.33. The molecule has 0 fully saturated rings. The topological polar surface area (TPSA) is 9.86 Å². The predicted octanol–water partition coefficient (Wildman–Crippen LogP) is 14.7. The van der Waals surface area contributed by atoms with Crippen LogP contribution in [-0.4, -0.2) is 9.13 Å². The van der Waals surface area contributed by atoms with E-state index in [1.54, 1.807) is 0 Å². The molecule has 0 spiro atoms. The molecular formula is C54H42N2. The van der Waals surface area contributed by atoms with E-state index in [-0.39, 0.29) is 0 Å². The highest BCUT2D eigenvalue weighted by Crippen LogP contribution is 2.53. The first-order valence-corrected chi connectivity index (χ1v) is 19.9. The Morgan fingerprint density at radius 1 is 0.375 bits per heavy atom. The van der Waals surface area contributed by atoms with Gasteiger partial charge < -0.3 is 9.13 Å². The third-order valence-corrected chi connectivity index (χ3v) is 12.6. The van der Waals surface area contributed by atoms with Gasteiger partial charge in [0.2, 0.25) is 0 Å². The summed E-state index contributed by atoms with van der Waals surface area (Å²) in [6, 6.07) is 63.5. The zero-order chi connectivity index (χ0) is 37.7. The summed E-state index contributed by atoms with van der Waals surface area (Å²) in [5, 5.41) is 5.20. The van der Waals surface area contributed by atoms with Crippen LogP contribution in [0.15, 0.2) is 170 Å². The van der Waals surface area contributed by atoms with Crippen LogP contribution in [0.5, 0.6) is 0 Å². The van der Waals surface area contributed by atoms with Gasteiger partial charge in [-0.1, -0.05) is 134 Å². The molecule has 2 atom stereocenters. The van der Waals surface area contributed by atoms with Crippen molar-refractivity contribution in [3.05, 3.63) is 192 Å². The molecule has 0 radical (unpaired) electrons. The molecule has 0 amide bonds. The Labute approximate surface area is 327 Å². The zero-order valence-electron chi connectivity index (χ0n) is 32.2. The molecule has 2 unspecified atom stereocenters. The van der Waals surface area contributed by atoms with Gasteiger partial charge in [-0.3, -0.25) is 0 Å². The zero-order valence-corrected chi connectivity index (χ0v) is 32.2. The minimum atomic E-state index is 0.298. The van der Waals surface area contributed by atoms with Gasteiger partial charge in [0, 0.05) is 32.9 Å². The first-order valence-electron chi connectivity index (χ1n) is 19.9. The number of hydrogen-bond donors (Lipinski definition) is 0. The fourth-order valence-corrected chi connectivity index (χ4v) is 9.75. The highest BCUT2D eigenvalue weighted by atomic mass is 15.0. The average Bonchev–Trinajstić information content (AvgIpc) is 3.74. The Hall–Kier alpha value is -6.64. The molecule has 0 saturated carbocycles. The summed E-state index contributed by atoms with van der Waals surface area (Å²) in [6.07, 6.45) is 0. The summed E-state index contributed by atoms with van der Waals surface area (Å²) in [5.41, 5.74) is 20.5. The second-order valence-electron chi connectivity index (χ2n) is 16.0. The molecule has 8 aromatic carbocycles. The Bertz CT molecular complexity index is 3120. The van der Waals surface area contributed by atoms with Gasteiger partial charge in [0.25, 0.3) is 0 Å². The third kappa shape index (κ3) is 4.88. The maximum Gasteiger partial charge on any atom is 0.0582 e. The normalized spacial score (nSPS) is 15.1. The summed E-state index contributed by atoms with van der Waals surface area (Å²) < 4.78 is 5.00. The number of aryl methyl sites for hydroxylation is 2. The van der Waals surface area contributed by atoms with E-state index in [2.05, 4.69) is 207 Å². The van der Waals surface area contributed by atoms with Crippen LogP contribution in [0.2, 0.25) is 0 Å². The molecule has 0 aliphatic heterocycles. The number of rotatable bonds is 4. The Kier molecular flexibility index (Phi) is 7.28. The molecule has 2 heterocycles. The van der Waals surface area contributed by atoms with E-state index >= 15 is 0 Å². The van der Waals surface area contributed by atoms with Gasteiger partial charge in [-0.2, -0.15) is 0 Å². The lowest BCUT2D eigenvalue weighted by Crippen LogP contribution is -2.15. The van der Waals surface area contributed by atoms with Gasteiger partial charge in [-0.05, 0) is 131 Å². The molecule has 1 aliphatic carbocycles. The standard InChI is InChI=1S/C54H42N2/c1-33-13-11-15-37(27-33)39-22-26-51-47(29-39)44-24-23-43-46-32-52-49(31-45(46)35(3)36(4)53(43)54(44)56(51)42-19-9-6-10-20-42)48-30-40(38-16-12-14-34(2)28-38)21-25-50(48)55(52)41-17-7-5-8-18-41/h5-32,35-36H,1-4H3. The van der Waals surface area contributed by atoms with Crippen molar-refractivity contribution in [1.29, 1.82) is 0 Å². The van der Waals surface area contributed by atoms with Crippen LogP contribution >= 0.6 is 0 Å². The largest absolute Gasteiger partial charge is 0.309 e. The highest BCUT2D eigenvalue weighted by molar-refractivity contribution is 6.15. The first kappa shape index (κ1) is 32.8. The van der Waals surface area contributed by atoms with Crippen molar-refractivity contribution in [2.24, 2.45) is 0 Å². The van der Waals surface area contributed by atoms with Crippen molar-refractivity contribution in [1.82, 2.24) is 9.13 Å². The summed E-state index contributed by atoms with van der Waals surface area (Å²) in [6.45, 7) is 9.24. The predicted molar refractivity (Wildman–Crippen MR) is 238 cm³/mol. The highest BCUT2D eigenvalue weighted by Gasteiger charge is 2.33. The molecule has 2 aromatic heterocycles. The van der Waals surface area contributed by atoms with E-state index in [0.717, 1.165) is 0 Å². The fourth-order valence-electron chi connectivity index (χ4n) is 9.75. The number of benzene rings is 8. The van der Waals surface area contributed by atoms with Crippen molar-refractivity contribution >= 4 is 43.6 Å². The van der Waals surface area contributed by atoms with Crippen LogP contribution in [0.25, 0.3) is 88.4 Å². The minimum absolute atomic E-state index is 0.298. The SMILES string of the molecule is Cc1cccc(-c2ccc3c(c2)c2cc4c(cc2n3-c2ccccc2)-c2ccc3c5cc(-c6cccc(C)c6)ccc5n(-c5ccccc5)c3c2C(C)C4C)c1. The summed E-state index contributed by atoms with van der Waals surface area (Å²) in [7, 11) is 0. The first-order chi connectivity index (χ1) is 27.4. The van der Waals surface area contributed by atoms with Crippen molar-refractivity contribution in [3.8, 4) is 44.8 Å². The number of nitrogens with zero attached hydrogens (tertiary/aromatic N) is 2. The average molecular weight is 719 g/mol. The maximum absolute atomic E-state index is 2.53. The molecular weight excluding hydrogens is 677 g/mol. The number of fused-ring (bicyclic) bond motifs is 10. The summed E-state index contributed by atoms with van der Waals surface area (Å²) in [4.78, 5) is 0. The number of hydrogen-bond acceptors (Lipinski definition) is 0. The van der Waals surface area contributed by atoms with Gasteiger partial charge in [0.1, 0.15) is 0 Å². The monoisotopic (exact) mass is 718 g/mol. The van der Waals surface area contributed by atoms with Gasteiger partial charge in [0.05, 0.1) is 22.1 Å². The van der Waals surface area contributed by atoms with Crippen LogP contribution in [0, 0.1) is 13.8 Å². The lowest BCUT2D eigenvalue weighted by atomic mass is 9.72. The van der Waals surface area contributed by atoms with Crippen LogP contribution < -0.4 is 0 Å². The Morgan fingerprint density at radius 2 is 0.911 bits per heavy atom. The van der Waals surface area contributed by atoms with Crippen LogP contribution in [-0.2, 0) is 0 Å². The van der Waals surface area contributed by atoms with Crippen molar-refractivity contribution in [3.63, 3.8) is 0 Å². The molecule has 0 bridgehead atoms. The summed E-state index contributed by atoms with van der Waals surface area (Å²) >= 11 is 0. The Balaban J connectivity index is 1.21. The van der Waals surface area contributed by atoms with E-state index in [9.17, 15) is 0 Å². The van der Waals surface area contributed by atoms with Crippen molar-refractivity contribution in [2.75, 3.05) is 0 Å². The molecule has 268 valence electrons. The maximum atomic E-state index is 2.53. The van der Waals surface area contributed by atoms with Crippen molar-refractivity contribution < 1.29 is 0 Å². The molecule has 0 saturated heterocycles. The summed E-state index contributed by atoms with van der Waals surface area (Å²) in [5.74, 6) is 0.611. The second kappa shape index (κ2) is 12.4. The minimum Gasteiger partial charge on any atom is -0.309 e. The molecule has 2 nitrogen and oxygen atoms in total. The molecule has 11 rings (SSSR count). The lowest BCUT2D eigenvalue weighted by molar-refractivity contribution is 0.619. The molecule has 10 aromatic rings. The number of para-hydroxylation sites is 2. The smallest absolute Gasteiger partial charge is 0.0582 e. The number of aromatic nitrogens is 2. The fraction of sp³-hybridized carbons (Fsp3) is 0.111. The van der Waals surface area contributed by atoms with Crippen LogP contribution in [0.3, 0.4) is 0 Å². The van der Waals surface area contributed by atoms with E-state index < -0.39 is 0 Å². The van der Waals surface area contributed by atoms with Crippen LogP contribution in [0.1, 0.15) is 47.9 Å². The van der Waals surface area contributed by atoms with E-state index in [4.69, 9.17) is 0 Å². The van der Waals surface area contributed by atoms with E-state index in [1.165, 1.54) is 111 Å². The third-order valence-electron chi connectivity index (χ3n) is 12.6. The van der Waals surface area contributed by atoms with E-state index in [1.807, 2.05) is 0 Å². The Morgan fingerprint density at radius 3 is 1.52 bits per heavy atom. The van der Waals surface area contributed by atoms with Crippen molar-refractivity contribution in [2.45, 2.75) is 39.5 Å². The van der Waals surface area contributed by atoms with Gasteiger partial charge >= 0.3 is 0 Å². The second-order valence-corrected chi connectivity index (χ2v) is 16.0. The molecule has 56 heavy (non-hydrogen) atoms. The van der Waals surface area contributed by atoms with Gasteiger partial charge in [-0.25, -0.2) is 0 Å². The molecule has 1 aliphatic rings. The van der Waals surface area contributed by atoms with Gasteiger partial charge in [-0.15, -0.1) is 0 Å². The quantitative estimate of drug-likeness (QED) is 0.171. The molecule has 2 heteroatoms. The van der Waals surface area contributed by atoms with E-state index in [0.29, 0.717) is 11.8 Å². The molecule has 0 N–H and O–H groups in total. The van der Waals surface area contributed by atoms with Crippen LogP contribution in [0.4, 0.5) is 0 Å². The van der Waals surface area contributed by atoms with Gasteiger partial charge in [0.15, 0.2) is 0 Å².